The highest BCUT2D eigenvalue weighted by atomic mass is 35.5. The molecule has 1 fully saturated rings. The van der Waals surface area contributed by atoms with E-state index >= 15 is 0 Å². The zero-order valence-electron chi connectivity index (χ0n) is 12.1. The minimum atomic E-state index is -0.792. The molecule has 6 heteroatoms. The second-order valence-electron chi connectivity index (χ2n) is 5.24. The topological polar surface area (TPSA) is 81.4 Å². The maximum absolute atomic E-state index is 12.3. The molecule has 0 aliphatic heterocycles. The molecule has 0 aromatic heterocycles. The van der Waals surface area contributed by atoms with Crippen molar-refractivity contribution in [2.45, 2.75) is 37.6 Å². The number of carbonyl (C=O) groups is 2. The lowest BCUT2D eigenvalue weighted by Crippen LogP contribution is -2.52. The summed E-state index contributed by atoms with van der Waals surface area (Å²) in [5.74, 6) is -0.611. The summed E-state index contributed by atoms with van der Waals surface area (Å²) < 4.78 is 4.66. The van der Waals surface area contributed by atoms with Crippen LogP contribution in [0.2, 0.25) is 0 Å². The Morgan fingerprint density at radius 3 is 2.52 bits per heavy atom. The lowest BCUT2D eigenvalue weighted by molar-refractivity contribution is -0.122. The molecule has 0 bridgehead atoms. The number of methoxy groups -OCH3 is 1. The lowest BCUT2D eigenvalue weighted by atomic mass is 9.82. The predicted molar refractivity (Wildman–Crippen MR) is 83.7 cm³/mol. The molecule has 0 atom stereocenters. The Morgan fingerprint density at radius 1 is 1.24 bits per heavy atom. The van der Waals surface area contributed by atoms with Gasteiger partial charge in [-0.2, -0.15) is 0 Å². The standard InChI is InChI=1S/C15H20N2O3.ClH/c1-20-13(18)11-6-5-7-12(10-11)17-14(19)15(16)8-3-2-4-9-15;/h5-7,10H,2-4,8-9,16H2,1H3,(H,17,19);1H. The normalized spacial score (nSPS) is 16.5. The molecule has 1 saturated carbocycles. The Hall–Kier alpha value is -1.59. The maximum atomic E-state index is 12.3. The van der Waals surface area contributed by atoms with Gasteiger partial charge in [-0.15, -0.1) is 12.4 Å². The third-order valence-corrected chi connectivity index (χ3v) is 3.74. The molecule has 5 nitrogen and oxygen atoms in total. The van der Waals surface area contributed by atoms with Crippen molar-refractivity contribution in [3.8, 4) is 0 Å². The maximum Gasteiger partial charge on any atom is 0.337 e. The largest absolute Gasteiger partial charge is 0.465 e. The van der Waals surface area contributed by atoms with E-state index in [-0.39, 0.29) is 18.3 Å². The van der Waals surface area contributed by atoms with Crippen molar-refractivity contribution in [2.75, 3.05) is 12.4 Å². The van der Waals surface area contributed by atoms with E-state index in [4.69, 9.17) is 5.73 Å². The summed E-state index contributed by atoms with van der Waals surface area (Å²) in [5.41, 5.74) is 6.34. The highest BCUT2D eigenvalue weighted by molar-refractivity contribution is 5.99. The Bertz CT molecular complexity index is 513. The van der Waals surface area contributed by atoms with E-state index in [9.17, 15) is 9.59 Å². The summed E-state index contributed by atoms with van der Waals surface area (Å²) in [5, 5.41) is 2.80. The molecule has 1 aromatic rings. The molecular formula is C15H21ClN2O3. The van der Waals surface area contributed by atoms with Gasteiger partial charge in [0, 0.05) is 5.69 Å². The molecule has 0 saturated heterocycles. The van der Waals surface area contributed by atoms with E-state index in [2.05, 4.69) is 10.1 Å². The van der Waals surface area contributed by atoms with E-state index in [0.29, 0.717) is 24.1 Å². The third-order valence-electron chi connectivity index (χ3n) is 3.74. The molecule has 0 spiro atoms. The predicted octanol–water partition coefficient (Wildman–Crippen LogP) is 2.50. The number of rotatable bonds is 3. The molecule has 1 aliphatic rings. The minimum absolute atomic E-state index is 0. The van der Waals surface area contributed by atoms with Crippen molar-refractivity contribution in [2.24, 2.45) is 5.73 Å². The lowest BCUT2D eigenvalue weighted by Gasteiger charge is -2.31. The van der Waals surface area contributed by atoms with Crippen LogP contribution >= 0.6 is 12.4 Å². The van der Waals surface area contributed by atoms with Crippen LogP contribution in [0.4, 0.5) is 5.69 Å². The van der Waals surface area contributed by atoms with Gasteiger partial charge in [-0.25, -0.2) is 4.79 Å². The molecular weight excluding hydrogens is 292 g/mol. The zero-order valence-corrected chi connectivity index (χ0v) is 12.9. The summed E-state index contributed by atoms with van der Waals surface area (Å²) >= 11 is 0. The Kier molecular flexibility index (Phi) is 6.18. The van der Waals surface area contributed by atoms with Crippen molar-refractivity contribution in [1.82, 2.24) is 0 Å². The van der Waals surface area contributed by atoms with Gasteiger partial charge >= 0.3 is 5.97 Å². The second-order valence-corrected chi connectivity index (χ2v) is 5.24. The van der Waals surface area contributed by atoms with Crippen LogP contribution in [0.1, 0.15) is 42.5 Å². The fourth-order valence-electron chi connectivity index (χ4n) is 2.51. The average Bonchev–Trinajstić information content (AvgIpc) is 2.47. The van der Waals surface area contributed by atoms with E-state index in [0.717, 1.165) is 19.3 Å². The first-order valence-corrected chi connectivity index (χ1v) is 6.84. The van der Waals surface area contributed by atoms with Crippen molar-refractivity contribution in [3.05, 3.63) is 29.8 Å². The number of ether oxygens (including phenoxy) is 1. The van der Waals surface area contributed by atoms with Crippen LogP contribution in [0.3, 0.4) is 0 Å². The van der Waals surface area contributed by atoms with Gasteiger partial charge in [-0.3, -0.25) is 4.79 Å². The van der Waals surface area contributed by atoms with Gasteiger partial charge < -0.3 is 15.8 Å². The van der Waals surface area contributed by atoms with Gasteiger partial charge in [0.05, 0.1) is 18.2 Å². The van der Waals surface area contributed by atoms with Gasteiger partial charge in [0.2, 0.25) is 5.91 Å². The number of hydrogen-bond donors (Lipinski definition) is 2. The van der Waals surface area contributed by atoms with Crippen LogP contribution < -0.4 is 11.1 Å². The number of carbonyl (C=O) groups excluding carboxylic acids is 2. The molecule has 1 amide bonds. The summed E-state index contributed by atoms with van der Waals surface area (Å²) in [7, 11) is 1.32. The fourth-order valence-corrected chi connectivity index (χ4v) is 2.51. The van der Waals surface area contributed by atoms with Gasteiger partial charge in [0.1, 0.15) is 0 Å². The zero-order chi connectivity index (χ0) is 14.6. The van der Waals surface area contributed by atoms with Gasteiger partial charge in [0.25, 0.3) is 0 Å². The molecule has 0 heterocycles. The first kappa shape index (κ1) is 17.5. The molecule has 1 aromatic carbocycles. The summed E-state index contributed by atoms with van der Waals surface area (Å²) in [6, 6.07) is 6.67. The minimum Gasteiger partial charge on any atom is -0.465 e. The van der Waals surface area contributed by atoms with Crippen molar-refractivity contribution in [1.29, 1.82) is 0 Å². The van der Waals surface area contributed by atoms with Crippen LogP contribution in [0.25, 0.3) is 0 Å². The van der Waals surface area contributed by atoms with E-state index in [1.54, 1.807) is 24.3 Å². The number of benzene rings is 1. The van der Waals surface area contributed by atoms with Crippen LogP contribution in [-0.2, 0) is 9.53 Å². The molecule has 0 unspecified atom stereocenters. The molecule has 1 aliphatic carbocycles. The third kappa shape index (κ3) is 4.19. The Balaban J connectivity index is 0.00000220. The Morgan fingerprint density at radius 2 is 1.90 bits per heavy atom. The number of nitrogens with two attached hydrogens (primary N) is 1. The Labute approximate surface area is 130 Å². The van der Waals surface area contributed by atoms with Gasteiger partial charge in [0.15, 0.2) is 0 Å². The molecule has 0 radical (unpaired) electrons. The van der Waals surface area contributed by atoms with Crippen LogP contribution in [-0.4, -0.2) is 24.5 Å². The van der Waals surface area contributed by atoms with Crippen LogP contribution in [0, 0.1) is 0 Å². The first-order valence-electron chi connectivity index (χ1n) is 6.84. The number of anilines is 1. The number of halogens is 1. The smallest absolute Gasteiger partial charge is 0.337 e. The van der Waals surface area contributed by atoms with E-state index in [1.165, 1.54) is 7.11 Å². The average molecular weight is 313 g/mol. The van der Waals surface area contributed by atoms with E-state index in [1.807, 2.05) is 0 Å². The number of esters is 1. The molecule has 2 rings (SSSR count). The number of nitrogens with one attached hydrogen (secondary N) is 1. The summed E-state index contributed by atoms with van der Waals surface area (Å²) in [4.78, 5) is 23.7. The van der Waals surface area contributed by atoms with E-state index < -0.39 is 11.5 Å². The van der Waals surface area contributed by atoms with Crippen LogP contribution in [0.5, 0.6) is 0 Å². The van der Waals surface area contributed by atoms with Gasteiger partial charge in [-0.05, 0) is 31.0 Å². The SMILES string of the molecule is COC(=O)c1cccc(NC(=O)C2(N)CCCCC2)c1.Cl. The van der Waals surface area contributed by atoms with Crippen molar-refractivity contribution >= 4 is 30.0 Å². The van der Waals surface area contributed by atoms with Crippen molar-refractivity contribution < 1.29 is 14.3 Å². The summed E-state index contributed by atoms with van der Waals surface area (Å²) in [6.07, 6.45) is 4.49. The molecule has 21 heavy (non-hydrogen) atoms. The highest BCUT2D eigenvalue weighted by Gasteiger charge is 2.35. The molecule has 3 N–H and O–H groups in total. The quantitative estimate of drug-likeness (QED) is 0.840. The number of amides is 1. The van der Waals surface area contributed by atoms with Gasteiger partial charge in [-0.1, -0.05) is 25.3 Å². The first-order chi connectivity index (χ1) is 9.55. The monoisotopic (exact) mass is 312 g/mol. The van der Waals surface area contributed by atoms with Crippen molar-refractivity contribution in [3.63, 3.8) is 0 Å². The summed E-state index contributed by atoms with van der Waals surface area (Å²) in [6.45, 7) is 0. The van der Waals surface area contributed by atoms with Crippen LogP contribution in [0.15, 0.2) is 24.3 Å². The number of hydrogen-bond acceptors (Lipinski definition) is 4. The molecule has 116 valence electrons. The highest BCUT2D eigenvalue weighted by Crippen LogP contribution is 2.27. The second kappa shape index (κ2) is 7.43. The fraction of sp³-hybridized carbons (Fsp3) is 0.467.